The lowest BCUT2D eigenvalue weighted by molar-refractivity contribution is -0.139. The Morgan fingerprint density at radius 1 is 1.30 bits per heavy atom. The van der Waals surface area contributed by atoms with Crippen LogP contribution in [0.1, 0.15) is 23.5 Å². The number of esters is 1. The highest BCUT2D eigenvalue weighted by Crippen LogP contribution is 2.37. The van der Waals surface area contributed by atoms with E-state index in [1.807, 2.05) is 10.3 Å². The minimum Gasteiger partial charge on any atom is -0.463 e. The number of sulfone groups is 1. The molecule has 8 nitrogen and oxygen atoms in total. The Morgan fingerprint density at radius 3 is 2.70 bits per heavy atom. The van der Waals surface area contributed by atoms with Gasteiger partial charge in [0.15, 0.2) is 20.7 Å². The molecule has 33 heavy (non-hydrogen) atoms. The lowest BCUT2D eigenvalue weighted by Gasteiger charge is -2.32. The van der Waals surface area contributed by atoms with Crippen LogP contribution in [0.3, 0.4) is 0 Å². The van der Waals surface area contributed by atoms with Crippen LogP contribution in [0.4, 0.5) is 0 Å². The first-order valence-corrected chi connectivity index (χ1v) is 13.8. The largest absolute Gasteiger partial charge is 0.463 e. The van der Waals surface area contributed by atoms with Gasteiger partial charge in [-0.15, -0.1) is 11.3 Å². The Hall–Kier alpha value is -1.98. The summed E-state index contributed by atoms with van der Waals surface area (Å²) in [5.74, 6) is 0.153. The lowest BCUT2D eigenvalue weighted by Crippen LogP contribution is -2.45. The average molecular weight is 529 g/mol. The van der Waals surface area contributed by atoms with Crippen LogP contribution in [0.25, 0.3) is 0 Å². The normalized spacial score (nSPS) is 20.8. The molecule has 2 aromatic rings. The van der Waals surface area contributed by atoms with E-state index in [0.717, 1.165) is 0 Å². The molecule has 1 aromatic carbocycles. The predicted octanol–water partition coefficient (Wildman–Crippen LogP) is 3.09. The van der Waals surface area contributed by atoms with E-state index in [-0.39, 0.29) is 18.1 Å². The van der Waals surface area contributed by atoms with Gasteiger partial charge in [0.05, 0.1) is 23.7 Å². The Morgan fingerprint density at radius 2 is 2.06 bits per heavy atom. The molecule has 0 saturated carbocycles. The fourth-order valence-corrected chi connectivity index (χ4v) is 6.08. The maximum Gasteiger partial charge on any atom is 0.338 e. The van der Waals surface area contributed by atoms with E-state index < -0.39 is 21.8 Å². The van der Waals surface area contributed by atoms with Crippen LogP contribution in [0.2, 0.25) is 10.0 Å². The van der Waals surface area contributed by atoms with Crippen LogP contribution in [0.5, 0.6) is 0 Å². The number of aromatic nitrogens is 1. The second-order valence-corrected chi connectivity index (χ2v) is 11.6. The van der Waals surface area contributed by atoms with Gasteiger partial charge < -0.3 is 10.1 Å². The summed E-state index contributed by atoms with van der Waals surface area (Å²) in [6.45, 7) is 3.01. The quantitative estimate of drug-likeness (QED) is 0.574. The molecule has 4 rings (SSSR count). The van der Waals surface area contributed by atoms with Crippen LogP contribution in [-0.4, -0.2) is 67.9 Å². The Bertz CT molecular complexity index is 1200. The molecule has 0 bridgehead atoms. The lowest BCUT2D eigenvalue weighted by atomic mass is 9.95. The zero-order chi connectivity index (χ0) is 23.6. The van der Waals surface area contributed by atoms with Crippen molar-refractivity contribution in [3.8, 4) is 0 Å². The van der Waals surface area contributed by atoms with Gasteiger partial charge in [0.2, 0.25) is 0 Å². The molecule has 0 unspecified atom stereocenters. The van der Waals surface area contributed by atoms with Crippen molar-refractivity contribution in [2.24, 2.45) is 4.99 Å². The topological polar surface area (TPSA) is 101 Å². The van der Waals surface area contributed by atoms with Crippen LogP contribution in [0, 0.1) is 0 Å². The number of carbonyl (C=O) groups is 1. The number of nitrogens with one attached hydrogen (secondary N) is 1. The van der Waals surface area contributed by atoms with Crippen LogP contribution in [0.15, 0.2) is 46.0 Å². The summed E-state index contributed by atoms with van der Waals surface area (Å²) in [6, 6.07) is 4.31. The van der Waals surface area contributed by atoms with Crippen molar-refractivity contribution < 1.29 is 17.9 Å². The third-order valence-corrected chi connectivity index (χ3v) is 8.28. The maximum atomic E-state index is 13.1. The van der Waals surface area contributed by atoms with Crippen LogP contribution in [-0.2, 0) is 19.4 Å². The number of rotatable bonds is 6. The number of amidine groups is 1. The first-order chi connectivity index (χ1) is 15.8. The monoisotopic (exact) mass is 528 g/mol. The van der Waals surface area contributed by atoms with E-state index in [1.165, 1.54) is 11.3 Å². The van der Waals surface area contributed by atoms with E-state index in [0.29, 0.717) is 57.4 Å². The zero-order valence-corrected chi connectivity index (χ0v) is 20.9. The van der Waals surface area contributed by atoms with Crippen molar-refractivity contribution in [3.05, 3.63) is 61.7 Å². The number of hydrogen-bond donors (Lipinski definition) is 1. The van der Waals surface area contributed by atoms with Gasteiger partial charge in [0.1, 0.15) is 6.04 Å². The highest BCUT2D eigenvalue weighted by Gasteiger charge is 2.35. The van der Waals surface area contributed by atoms with Gasteiger partial charge in [-0.3, -0.25) is 9.89 Å². The van der Waals surface area contributed by atoms with Crippen molar-refractivity contribution in [2.75, 3.05) is 37.7 Å². The molecule has 0 radical (unpaired) electrons. The van der Waals surface area contributed by atoms with E-state index in [2.05, 4.69) is 10.3 Å². The molecule has 12 heteroatoms. The molecule has 0 amide bonds. The van der Waals surface area contributed by atoms with Crippen molar-refractivity contribution in [2.45, 2.75) is 13.0 Å². The summed E-state index contributed by atoms with van der Waals surface area (Å²) < 4.78 is 29.1. The molecule has 176 valence electrons. The number of ether oxygens (including phenoxy) is 1. The Kier molecular flexibility index (Phi) is 7.40. The molecule has 1 N–H and O–H groups in total. The summed E-state index contributed by atoms with van der Waals surface area (Å²) in [7, 11) is -3.04. The van der Waals surface area contributed by atoms with E-state index >= 15 is 0 Å². The van der Waals surface area contributed by atoms with Crippen molar-refractivity contribution in [1.82, 2.24) is 15.2 Å². The standard InChI is InChI=1S/C21H22Cl2N4O4S2/c1-2-31-21(28)17-16(12-27-6-9-33(29,30)10-7-27)25-19(20-24-5-8-32-20)26-18(17)14-4-3-13(22)11-15(14)23/h3-5,8,11,18H,2,6-7,9-10,12H2,1H3,(H,25,26)/t18-/m0/s1. The van der Waals surface area contributed by atoms with Gasteiger partial charge >= 0.3 is 5.97 Å². The highest BCUT2D eigenvalue weighted by atomic mass is 35.5. The second kappa shape index (κ2) is 10.1. The summed E-state index contributed by atoms with van der Waals surface area (Å²) in [5.41, 5.74) is 1.53. The summed E-state index contributed by atoms with van der Waals surface area (Å²) in [5, 5.41) is 6.60. The highest BCUT2D eigenvalue weighted by molar-refractivity contribution is 7.91. The third kappa shape index (κ3) is 5.58. The van der Waals surface area contributed by atoms with E-state index in [4.69, 9.17) is 32.9 Å². The van der Waals surface area contributed by atoms with Gasteiger partial charge in [-0.25, -0.2) is 18.2 Å². The first-order valence-electron chi connectivity index (χ1n) is 10.3. The van der Waals surface area contributed by atoms with Crippen molar-refractivity contribution in [1.29, 1.82) is 0 Å². The maximum absolute atomic E-state index is 13.1. The minimum absolute atomic E-state index is 0.0783. The van der Waals surface area contributed by atoms with Crippen LogP contribution >= 0.6 is 34.5 Å². The molecule has 0 aliphatic carbocycles. The second-order valence-electron chi connectivity index (χ2n) is 7.55. The summed E-state index contributed by atoms with van der Waals surface area (Å²) in [6.07, 6.45) is 1.67. The number of nitrogens with zero attached hydrogens (tertiary/aromatic N) is 3. The van der Waals surface area contributed by atoms with Gasteiger partial charge in [-0.2, -0.15) is 0 Å². The number of aliphatic imine (C=N–C) groups is 1. The first kappa shape index (κ1) is 24.2. The molecular weight excluding hydrogens is 507 g/mol. The van der Waals surface area contributed by atoms with Gasteiger partial charge in [0, 0.05) is 52.5 Å². The minimum atomic E-state index is -3.04. The molecular formula is C21H22Cl2N4O4S2. The molecule has 1 atom stereocenters. The SMILES string of the molecule is CCOC(=O)C1=C(CN2CCS(=O)(=O)CC2)NC(c2nccs2)=N[C@H]1c1ccc(Cl)cc1Cl. The number of benzene rings is 1. The molecule has 1 saturated heterocycles. The van der Waals surface area contributed by atoms with Crippen molar-refractivity contribution in [3.63, 3.8) is 0 Å². The van der Waals surface area contributed by atoms with Crippen molar-refractivity contribution >= 4 is 56.2 Å². The Labute approximate surface area is 206 Å². The number of thiazole rings is 1. The number of carbonyl (C=O) groups excluding carboxylic acids is 1. The van der Waals surface area contributed by atoms with Gasteiger partial charge in [-0.05, 0) is 19.1 Å². The third-order valence-electron chi connectivity index (χ3n) is 5.33. The van der Waals surface area contributed by atoms with Crippen LogP contribution < -0.4 is 5.32 Å². The fraction of sp³-hybridized carbons (Fsp3) is 0.381. The molecule has 2 aliphatic rings. The summed E-state index contributed by atoms with van der Waals surface area (Å²) in [4.78, 5) is 24.3. The average Bonchev–Trinajstić information content (AvgIpc) is 3.30. The molecule has 1 fully saturated rings. The van der Waals surface area contributed by atoms with E-state index in [9.17, 15) is 13.2 Å². The molecule has 0 spiro atoms. The summed E-state index contributed by atoms with van der Waals surface area (Å²) >= 11 is 14.0. The molecule has 3 heterocycles. The van der Waals surface area contributed by atoms with Gasteiger partial charge in [0.25, 0.3) is 0 Å². The van der Waals surface area contributed by atoms with E-state index in [1.54, 1.807) is 31.3 Å². The number of hydrogen-bond acceptors (Lipinski definition) is 9. The smallest absolute Gasteiger partial charge is 0.338 e. The fourth-order valence-electron chi connectivity index (χ4n) is 3.70. The number of halogens is 2. The zero-order valence-electron chi connectivity index (χ0n) is 17.8. The molecule has 2 aliphatic heterocycles. The Balaban J connectivity index is 1.79. The molecule has 1 aromatic heterocycles. The predicted molar refractivity (Wildman–Crippen MR) is 130 cm³/mol. The van der Waals surface area contributed by atoms with Gasteiger partial charge in [-0.1, -0.05) is 29.3 Å².